The van der Waals surface area contributed by atoms with E-state index in [4.69, 9.17) is 5.26 Å². The Kier molecular flexibility index (Phi) is 10.0. The van der Waals surface area contributed by atoms with Gasteiger partial charge in [-0.15, -0.1) is 0 Å². The van der Waals surface area contributed by atoms with Gasteiger partial charge in [-0.05, 0) is 49.4 Å². The van der Waals surface area contributed by atoms with E-state index in [-0.39, 0.29) is 5.92 Å². The molecular formula is C18H35N. The van der Waals surface area contributed by atoms with Crippen molar-refractivity contribution < 1.29 is 0 Å². The molecule has 0 aromatic heterocycles. The summed E-state index contributed by atoms with van der Waals surface area (Å²) >= 11 is 0. The molecule has 0 N–H and O–H groups in total. The summed E-state index contributed by atoms with van der Waals surface area (Å²) in [7, 11) is 0. The van der Waals surface area contributed by atoms with Crippen molar-refractivity contribution in [2.45, 2.75) is 80.1 Å². The van der Waals surface area contributed by atoms with Crippen LogP contribution in [-0.2, 0) is 0 Å². The molecule has 0 aliphatic rings. The van der Waals surface area contributed by atoms with Crippen molar-refractivity contribution >= 4 is 0 Å². The van der Waals surface area contributed by atoms with Gasteiger partial charge >= 0.3 is 0 Å². The van der Waals surface area contributed by atoms with Crippen molar-refractivity contribution in [3.8, 4) is 6.07 Å². The Hall–Kier alpha value is -0.510. The molecule has 0 saturated carbocycles. The van der Waals surface area contributed by atoms with E-state index in [0.717, 1.165) is 36.5 Å². The molecule has 0 aromatic rings. The molecule has 1 nitrogen and oxygen atoms in total. The molecule has 0 aliphatic heterocycles. The molecule has 0 saturated heterocycles. The van der Waals surface area contributed by atoms with Gasteiger partial charge in [-0.25, -0.2) is 0 Å². The van der Waals surface area contributed by atoms with Crippen LogP contribution in [0.3, 0.4) is 0 Å². The van der Waals surface area contributed by atoms with Gasteiger partial charge in [0, 0.05) is 5.92 Å². The Morgan fingerprint density at radius 2 is 1.37 bits per heavy atom. The monoisotopic (exact) mass is 265 g/mol. The first kappa shape index (κ1) is 18.5. The molecule has 4 atom stereocenters. The van der Waals surface area contributed by atoms with E-state index in [2.05, 4.69) is 47.6 Å². The van der Waals surface area contributed by atoms with Crippen molar-refractivity contribution in [3.05, 3.63) is 0 Å². The molecule has 0 aromatic carbocycles. The first-order valence-electron chi connectivity index (χ1n) is 8.30. The molecule has 112 valence electrons. The van der Waals surface area contributed by atoms with Crippen molar-refractivity contribution in [3.63, 3.8) is 0 Å². The maximum atomic E-state index is 8.99. The molecule has 0 fully saturated rings. The summed E-state index contributed by atoms with van der Waals surface area (Å²) in [6.07, 6.45) is 7.36. The van der Waals surface area contributed by atoms with E-state index in [0.29, 0.717) is 0 Å². The summed E-state index contributed by atoms with van der Waals surface area (Å²) in [5.74, 6) is 3.51. The highest BCUT2D eigenvalue weighted by atomic mass is 14.3. The number of hydrogen-bond acceptors (Lipinski definition) is 1. The quantitative estimate of drug-likeness (QED) is 0.471. The molecular weight excluding hydrogens is 230 g/mol. The molecule has 0 bridgehead atoms. The van der Waals surface area contributed by atoms with Crippen LogP contribution in [0.15, 0.2) is 0 Å². The second-order valence-electron chi connectivity index (χ2n) is 7.08. The second kappa shape index (κ2) is 10.3. The highest BCUT2D eigenvalue weighted by Gasteiger charge is 2.16. The number of nitrogens with zero attached hydrogens (tertiary/aromatic N) is 1. The lowest BCUT2D eigenvalue weighted by atomic mass is 9.83. The number of hydrogen-bond donors (Lipinski definition) is 0. The van der Waals surface area contributed by atoms with Crippen LogP contribution in [0.2, 0.25) is 0 Å². The third kappa shape index (κ3) is 9.09. The maximum absolute atomic E-state index is 8.99. The van der Waals surface area contributed by atoms with Crippen LogP contribution in [0.1, 0.15) is 80.1 Å². The largest absolute Gasteiger partial charge is 0.198 e. The van der Waals surface area contributed by atoms with E-state index >= 15 is 0 Å². The SMILES string of the molecule is CCC(C#N)CCC(C)C(C)CCC(C)CC(C)C. The standard InChI is InChI=1S/C18H35N/c1-7-18(13-19)11-10-17(6)16(5)9-8-15(4)12-14(2)3/h14-18H,7-12H2,1-6H3. The molecule has 0 heterocycles. The third-order valence-corrected chi connectivity index (χ3v) is 4.61. The lowest BCUT2D eigenvalue weighted by Crippen LogP contribution is -2.12. The van der Waals surface area contributed by atoms with Crippen LogP contribution in [0, 0.1) is 40.9 Å². The Balaban J connectivity index is 3.87. The molecule has 0 radical (unpaired) electrons. The minimum absolute atomic E-state index is 0.273. The first-order valence-corrected chi connectivity index (χ1v) is 8.30. The van der Waals surface area contributed by atoms with Gasteiger partial charge in [0.2, 0.25) is 0 Å². The van der Waals surface area contributed by atoms with Gasteiger partial charge < -0.3 is 0 Å². The molecule has 0 spiro atoms. The minimum atomic E-state index is 0.273. The smallest absolute Gasteiger partial charge is 0.0655 e. The topological polar surface area (TPSA) is 23.8 Å². The first-order chi connectivity index (χ1) is 8.90. The highest BCUT2D eigenvalue weighted by molar-refractivity contribution is 4.82. The maximum Gasteiger partial charge on any atom is 0.0655 e. The van der Waals surface area contributed by atoms with E-state index in [1.165, 1.54) is 25.7 Å². The molecule has 4 unspecified atom stereocenters. The minimum Gasteiger partial charge on any atom is -0.198 e. The van der Waals surface area contributed by atoms with Crippen LogP contribution < -0.4 is 0 Å². The highest BCUT2D eigenvalue weighted by Crippen LogP contribution is 2.27. The van der Waals surface area contributed by atoms with Crippen LogP contribution in [0.4, 0.5) is 0 Å². The summed E-state index contributed by atoms with van der Waals surface area (Å²) in [4.78, 5) is 0. The second-order valence-corrected chi connectivity index (χ2v) is 7.08. The fourth-order valence-electron chi connectivity index (χ4n) is 2.86. The van der Waals surface area contributed by atoms with E-state index in [1.807, 2.05) is 0 Å². The summed E-state index contributed by atoms with van der Waals surface area (Å²) in [6.45, 7) is 13.9. The Morgan fingerprint density at radius 1 is 0.842 bits per heavy atom. The Labute approximate surface area is 121 Å². The molecule has 1 heteroatoms. The average Bonchev–Trinajstić information content (AvgIpc) is 2.36. The van der Waals surface area contributed by atoms with Crippen molar-refractivity contribution in [2.75, 3.05) is 0 Å². The normalized spacial score (nSPS) is 17.8. The molecule has 19 heavy (non-hydrogen) atoms. The summed E-state index contributed by atoms with van der Waals surface area (Å²) < 4.78 is 0. The van der Waals surface area contributed by atoms with Crippen LogP contribution >= 0.6 is 0 Å². The van der Waals surface area contributed by atoms with Crippen LogP contribution in [0.25, 0.3) is 0 Å². The lowest BCUT2D eigenvalue weighted by Gasteiger charge is -2.23. The zero-order chi connectivity index (χ0) is 14.8. The molecule has 0 amide bonds. The number of nitriles is 1. The van der Waals surface area contributed by atoms with Crippen molar-refractivity contribution in [1.82, 2.24) is 0 Å². The fraction of sp³-hybridized carbons (Fsp3) is 0.944. The van der Waals surface area contributed by atoms with Gasteiger partial charge in [0.25, 0.3) is 0 Å². The molecule has 0 aliphatic carbocycles. The third-order valence-electron chi connectivity index (χ3n) is 4.61. The zero-order valence-corrected chi connectivity index (χ0v) is 14.1. The summed E-state index contributed by atoms with van der Waals surface area (Å²) in [5.41, 5.74) is 0. The summed E-state index contributed by atoms with van der Waals surface area (Å²) in [5, 5.41) is 8.99. The zero-order valence-electron chi connectivity index (χ0n) is 14.1. The van der Waals surface area contributed by atoms with Crippen molar-refractivity contribution in [2.24, 2.45) is 29.6 Å². The number of rotatable bonds is 10. The predicted octanol–water partition coefficient (Wildman–Crippen LogP) is 6.05. The average molecular weight is 265 g/mol. The van der Waals surface area contributed by atoms with Gasteiger partial charge in [-0.2, -0.15) is 5.26 Å². The Morgan fingerprint density at radius 3 is 1.79 bits per heavy atom. The Bertz CT molecular complexity index is 251. The fourth-order valence-corrected chi connectivity index (χ4v) is 2.86. The van der Waals surface area contributed by atoms with Crippen molar-refractivity contribution in [1.29, 1.82) is 5.26 Å². The van der Waals surface area contributed by atoms with Crippen LogP contribution in [0.5, 0.6) is 0 Å². The van der Waals surface area contributed by atoms with E-state index < -0.39 is 0 Å². The van der Waals surface area contributed by atoms with Gasteiger partial charge in [0.05, 0.1) is 6.07 Å². The van der Waals surface area contributed by atoms with Gasteiger partial charge in [-0.1, -0.05) is 54.4 Å². The van der Waals surface area contributed by atoms with Gasteiger partial charge in [0.1, 0.15) is 0 Å². The van der Waals surface area contributed by atoms with Crippen LogP contribution in [-0.4, -0.2) is 0 Å². The molecule has 0 rings (SSSR count). The lowest BCUT2D eigenvalue weighted by molar-refractivity contribution is 0.290. The van der Waals surface area contributed by atoms with Gasteiger partial charge in [0.15, 0.2) is 0 Å². The predicted molar refractivity (Wildman–Crippen MR) is 84.8 cm³/mol. The van der Waals surface area contributed by atoms with E-state index in [9.17, 15) is 0 Å². The van der Waals surface area contributed by atoms with E-state index in [1.54, 1.807) is 0 Å². The summed E-state index contributed by atoms with van der Waals surface area (Å²) in [6, 6.07) is 2.42. The van der Waals surface area contributed by atoms with Gasteiger partial charge in [-0.3, -0.25) is 0 Å².